The molecule has 0 spiro atoms. The summed E-state index contributed by atoms with van der Waals surface area (Å²) in [6.07, 6.45) is 0.984. The number of halogens is 1. The van der Waals surface area contributed by atoms with Crippen molar-refractivity contribution in [3.05, 3.63) is 28.2 Å². The van der Waals surface area contributed by atoms with Crippen LogP contribution in [0.4, 0.5) is 0 Å². The smallest absolute Gasteiger partial charge is 0.308 e. The molecule has 1 N–H and O–H groups in total. The third-order valence-corrected chi connectivity index (χ3v) is 6.55. The molecule has 0 amide bonds. The molecule has 118 valence electrons. The minimum atomic E-state index is -3.79. The monoisotopic (exact) mass is 386 g/mol. The molecule has 1 heterocycles. The summed E-state index contributed by atoms with van der Waals surface area (Å²) in [5.41, 5.74) is 0.342. The van der Waals surface area contributed by atoms with Crippen molar-refractivity contribution < 1.29 is 18.3 Å². The molecule has 1 aliphatic heterocycles. The highest BCUT2D eigenvalue weighted by atomic mass is 79.9. The molecule has 1 aromatic carbocycles. The molecule has 22 heavy (non-hydrogen) atoms. The molecule has 2 rings (SSSR count). The molecule has 1 fully saturated rings. The van der Waals surface area contributed by atoms with Crippen molar-refractivity contribution in [3.63, 3.8) is 0 Å². The van der Waals surface area contributed by atoms with Crippen LogP contribution in [0.25, 0.3) is 0 Å². The minimum absolute atomic E-state index is 0.0521. The third-order valence-electron chi connectivity index (χ3n) is 3.91. The Hall–Kier alpha value is -1.43. The van der Waals surface area contributed by atoms with Crippen LogP contribution in [-0.2, 0) is 14.8 Å². The normalized spacial score (nSPS) is 23.0. The van der Waals surface area contributed by atoms with Gasteiger partial charge in [-0.25, -0.2) is 8.42 Å². The summed E-state index contributed by atoms with van der Waals surface area (Å²) in [5, 5.41) is 18.1. The van der Waals surface area contributed by atoms with E-state index in [0.717, 1.165) is 0 Å². The van der Waals surface area contributed by atoms with Gasteiger partial charge in [0.1, 0.15) is 6.07 Å². The summed E-state index contributed by atoms with van der Waals surface area (Å²) in [7, 11) is -3.79. The van der Waals surface area contributed by atoms with E-state index in [2.05, 4.69) is 15.9 Å². The van der Waals surface area contributed by atoms with E-state index in [1.807, 2.05) is 6.07 Å². The number of aliphatic carboxylic acids is 1. The van der Waals surface area contributed by atoms with E-state index in [0.29, 0.717) is 29.4 Å². The lowest BCUT2D eigenvalue weighted by Crippen LogP contribution is -2.48. The Morgan fingerprint density at radius 1 is 1.50 bits per heavy atom. The molecule has 0 saturated carbocycles. The van der Waals surface area contributed by atoms with Gasteiger partial charge in [0.15, 0.2) is 0 Å². The maximum atomic E-state index is 12.7. The topological polar surface area (TPSA) is 98.5 Å². The first-order chi connectivity index (χ1) is 10.3. The largest absolute Gasteiger partial charge is 0.481 e. The van der Waals surface area contributed by atoms with Gasteiger partial charge in [-0.15, -0.1) is 0 Å². The van der Waals surface area contributed by atoms with Crippen LogP contribution in [0.1, 0.15) is 25.3 Å². The summed E-state index contributed by atoms with van der Waals surface area (Å²) < 4.78 is 27.1. The molecular formula is C14H15BrN2O4S. The van der Waals surface area contributed by atoms with Gasteiger partial charge < -0.3 is 5.11 Å². The highest BCUT2D eigenvalue weighted by molar-refractivity contribution is 9.10. The van der Waals surface area contributed by atoms with Crippen molar-refractivity contribution in [2.24, 2.45) is 5.92 Å². The van der Waals surface area contributed by atoms with Gasteiger partial charge in [0.05, 0.1) is 16.4 Å². The second-order valence-electron chi connectivity index (χ2n) is 5.20. The van der Waals surface area contributed by atoms with E-state index in [9.17, 15) is 18.3 Å². The number of nitrogens with zero attached hydrogens (tertiary/aromatic N) is 2. The van der Waals surface area contributed by atoms with Crippen LogP contribution in [0.15, 0.2) is 27.6 Å². The summed E-state index contributed by atoms with van der Waals surface area (Å²) in [6, 6.07) is 5.53. The maximum Gasteiger partial charge on any atom is 0.308 e. The predicted octanol–water partition coefficient (Wildman–Crippen LogP) is 2.19. The van der Waals surface area contributed by atoms with Gasteiger partial charge in [-0.3, -0.25) is 4.79 Å². The zero-order valence-corrected chi connectivity index (χ0v) is 14.3. The van der Waals surface area contributed by atoms with Crippen molar-refractivity contribution in [2.45, 2.75) is 30.7 Å². The number of carboxylic acids is 1. The minimum Gasteiger partial charge on any atom is -0.481 e. The fourth-order valence-corrected chi connectivity index (χ4v) is 5.01. The second kappa shape index (κ2) is 6.36. The summed E-state index contributed by atoms with van der Waals surface area (Å²) in [5.74, 6) is -1.68. The van der Waals surface area contributed by atoms with Gasteiger partial charge in [0, 0.05) is 17.1 Å². The number of hydrogen-bond acceptors (Lipinski definition) is 4. The molecule has 0 aliphatic carbocycles. The van der Waals surface area contributed by atoms with Crippen molar-refractivity contribution in [2.75, 3.05) is 6.54 Å². The van der Waals surface area contributed by atoms with Gasteiger partial charge in [-0.2, -0.15) is 9.57 Å². The van der Waals surface area contributed by atoms with Crippen molar-refractivity contribution in [3.8, 4) is 6.07 Å². The summed E-state index contributed by atoms with van der Waals surface area (Å²) >= 11 is 3.17. The van der Waals surface area contributed by atoms with E-state index in [1.54, 1.807) is 6.92 Å². The number of rotatable bonds is 3. The van der Waals surface area contributed by atoms with E-state index in [1.165, 1.54) is 22.5 Å². The molecule has 1 aliphatic rings. The van der Waals surface area contributed by atoms with Crippen LogP contribution >= 0.6 is 15.9 Å². The number of sulfonamides is 1. The zero-order valence-electron chi connectivity index (χ0n) is 11.9. The van der Waals surface area contributed by atoms with Crippen molar-refractivity contribution in [1.29, 1.82) is 5.26 Å². The Labute approximate surface area is 137 Å². The Morgan fingerprint density at radius 3 is 2.73 bits per heavy atom. The first-order valence-corrected chi connectivity index (χ1v) is 8.96. The predicted molar refractivity (Wildman–Crippen MR) is 82.6 cm³/mol. The molecule has 0 aromatic heterocycles. The lowest BCUT2D eigenvalue weighted by molar-refractivity contribution is -0.144. The van der Waals surface area contributed by atoms with E-state index in [4.69, 9.17) is 5.26 Å². The van der Waals surface area contributed by atoms with Gasteiger partial charge in [0.25, 0.3) is 0 Å². The molecule has 1 saturated heterocycles. The second-order valence-corrected chi connectivity index (χ2v) is 7.94. The first-order valence-electron chi connectivity index (χ1n) is 6.73. The van der Waals surface area contributed by atoms with Crippen LogP contribution in [0.5, 0.6) is 0 Å². The molecule has 6 nitrogen and oxygen atoms in total. The molecule has 8 heteroatoms. The van der Waals surface area contributed by atoms with Gasteiger partial charge in [-0.1, -0.05) is 0 Å². The van der Waals surface area contributed by atoms with Gasteiger partial charge >= 0.3 is 5.97 Å². The van der Waals surface area contributed by atoms with Crippen LogP contribution in [-0.4, -0.2) is 36.4 Å². The molecule has 1 aromatic rings. The highest BCUT2D eigenvalue weighted by Crippen LogP contribution is 2.30. The average Bonchev–Trinajstić information content (AvgIpc) is 2.46. The molecule has 2 atom stereocenters. The van der Waals surface area contributed by atoms with Gasteiger partial charge in [-0.05, 0) is 53.9 Å². The summed E-state index contributed by atoms with van der Waals surface area (Å²) in [6.45, 7) is 1.92. The van der Waals surface area contributed by atoms with Gasteiger partial charge in [0.2, 0.25) is 10.0 Å². The quantitative estimate of drug-likeness (QED) is 0.857. The summed E-state index contributed by atoms with van der Waals surface area (Å²) in [4.78, 5) is 11.3. The Kier molecular flexibility index (Phi) is 4.90. The van der Waals surface area contributed by atoms with Crippen LogP contribution in [0.3, 0.4) is 0 Å². The fraction of sp³-hybridized carbons (Fsp3) is 0.429. The average molecular weight is 387 g/mol. The number of hydrogen-bond donors (Lipinski definition) is 1. The van der Waals surface area contributed by atoms with Crippen molar-refractivity contribution in [1.82, 2.24) is 4.31 Å². The maximum absolute atomic E-state index is 12.7. The van der Waals surface area contributed by atoms with E-state index >= 15 is 0 Å². The fourth-order valence-electron chi connectivity index (χ4n) is 2.66. The SMILES string of the molecule is C[C@@H]1[C@H](C(=O)O)CCCN1S(=O)(=O)c1ccc(C#N)c(Br)c1. The zero-order chi connectivity index (χ0) is 16.5. The Morgan fingerprint density at radius 2 is 2.18 bits per heavy atom. The third kappa shape index (κ3) is 3.02. The number of nitriles is 1. The lowest BCUT2D eigenvalue weighted by Gasteiger charge is -2.36. The van der Waals surface area contributed by atoms with Crippen LogP contribution in [0.2, 0.25) is 0 Å². The molecule has 0 radical (unpaired) electrons. The lowest BCUT2D eigenvalue weighted by atomic mass is 9.92. The van der Waals surface area contributed by atoms with E-state index < -0.39 is 28.0 Å². The Balaban J connectivity index is 2.40. The standard InChI is InChI=1S/C14H15BrN2O4S/c1-9-12(14(18)19)3-2-6-17(9)22(20,21)11-5-4-10(8-16)13(15)7-11/h4-5,7,9,12H,2-3,6H2,1H3,(H,18,19)/t9-,12-/m1/s1. The number of carboxylic acid groups (broad SMARTS) is 1. The molecular weight excluding hydrogens is 372 g/mol. The molecule has 0 bridgehead atoms. The van der Waals surface area contributed by atoms with Crippen LogP contribution < -0.4 is 0 Å². The first kappa shape index (κ1) is 16.9. The highest BCUT2D eigenvalue weighted by Gasteiger charge is 2.39. The van der Waals surface area contributed by atoms with E-state index in [-0.39, 0.29) is 4.90 Å². The number of carbonyl (C=O) groups is 1. The Bertz CT molecular complexity index is 742. The number of piperidine rings is 1. The van der Waals surface area contributed by atoms with Crippen molar-refractivity contribution >= 4 is 31.9 Å². The van der Waals surface area contributed by atoms with Crippen LogP contribution in [0, 0.1) is 17.2 Å². The number of benzene rings is 1. The molecule has 0 unspecified atom stereocenters.